The summed E-state index contributed by atoms with van der Waals surface area (Å²) < 4.78 is 0. The van der Waals surface area contributed by atoms with Crippen molar-refractivity contribution in [1.82, 2.24) is 0 Å². The van der Waals surface area contributed by atoms with Gasteiger partial charge in [-0.2, -0.15) is 0 Å². The predicted octanol–water partition coefficient (Wildman–Crippen LogP) is -3.85. The fourth-order valence-corrected chi connectivity index (χ4v) is 0.456. The monoisotopic (exact) mass is 170 g/mol. The second-order valence-electron chi connectivity index (χ2n) is 2.20. The molecule has 0 radical (unpaired) electrons. The van der Waals surface area contributed by atoms with Gasteiger partial charge in [0.25, 0.3) is 0 Å². The number of hydrogen-bond acceptors (Lipinski definition) is 3. The van der Waals surface area contributed by atoms with Crippen LogP contribution in [-0.2, 0) is 4.79 Å². The zero-order valence-corrected chi connectivity index (χ0v) is 9.59. The van der Waals surface area contributed by atoms with E-state index in [1.54, 1.807) is 6.92 Å². The molecule has 0 aliphatic heterocycles. The molecule has 0 saturated heterocycles. The van der Waals surface area contributed by atoms with Crippen LogP contribution in [0.4, 0.5) is 0 Å². The summed E-state index contributed by atoms with van der Waals surface area (Å²) in [7, 11) is 0. The Morgan fingerprint density at radius 3 is 2.50 bits per heavy atom. The largest absolute Gasteiger partial charge is 1.00 e. The van der Waals surface area contributed by atoms with Gasteiger partial charge in [-0.15, -0.1) is 0 Å². The molecule has 0 saturated carbocycles. The molecule has 0 aromatic rings. The summed E-state index contributed by atoms with van der Waals surface area (Å²) in [6.07, 6.45) is 0.542. The Bertz CT molecular complexity index is 95.0. The van der Waals surface area contributed by atoms with Crippen molar-refractivity contribution in [3.63, 3.8) is 0 Å². The van der Waals surface area contributed by atoms with Crippen molar-refractivity contribution in [2.75, 3.05) is 6.61 Å². The van der Waals surface area contributed by atoms with Crippen LogP contribution in [0, 0.1) is 5.92 Å². The van der Waals surface area contributed by atoms with Crippen LogP contribution in [0.5, 0.6) is 0 Å². The Balaban J connectivity index is 0. The van der Waals surface area contributed by atoms with E-state index in [2.05, 4.69) is 0 Å². The molecular formula is C6H11KO3. The van der Waals surface area contributed by atoms with E-state index in [1.165, 1.54) is 0 Å². The summed E-state index contributed by atoms with van der Waals surface area (Å²) in [6, 6.07) is 0. The number of rotatable bonds is 4. The van der Waals surface area contributed by atoms with Crippen molar-refractivity contribution < 1.29 is 66.4 Å². The summed E-state index contributed by atoms with van der Waals surface area (Å²) in [5.41, 5.74) is 0. The molecule has 10 heavy (non-hydrogen) atoms. The maximum atomic E-state index is 9.83. The number of carbonyl (C=O) groups is 1. The minimum Gasteiger partial charge on any atom is -0.550 e. The Morgan fingerprint density at radius 2 is 2.20 bits per heavy atom. The minimum absolute atomic E-state index is 0. The fourth-order valence-electron chi connectivity index (χ4n) is 0.456. The summed E-state index contributed by atoms with van der Waals surface area (Å²) >= 11 is 0. The van der Waals surface area contributed by atoms with Crippen molar-refractivity contribution in [3.05, 3.63) is 0 Å². The van der Waals surface area contributed by atoms with E-state index in [1.807, 2.05) is 0 Å². The molecule has 0 aliphatic rings. The third-order valence-electron chi connectivity index (χ3n) is 1.15. The van der Waals surface area contributed by atoms with Crippen LogP contribution in [-0.4, -0.2) is 17.7 Å². The molecule has 0 amide bonds. The van der Waals surface area contributed by atoms with Gasteiger partial charge in [-0.1, -0.05) is 6.92 Å². The maximum Gasteiger partial charge on any atom is 1.00 e. The zero-order chi connectivity index (χ0) is 7.28. The second kappa shape index (κ2) is 8.17. The van der Waals surface area contributed by atoms with Gasteiger partial charge in [-0.25, -0.2) is 0 Å². The molecule has 1 N–H and O–H groups in total. The van der Waals surface area contributed by atoms with E-state index < -0.39 is 5.97 Å². The van der Waals surface area contributed by atoms with Crippen molar-refractivity contribution in [2.24, 2.45) is 5.92 Å². The molecule has 0 heterocycles. The Morgan fingerprint density at radius 1 is 1.70 bits per heavy atom. The van der Waals surface area contributed by atoms with Crippen molar-refractivity contribution in [3.8, 4) is 0 Å². The quantitative estimate of drug-likeness (QED) is 0.439. The van der Waals surface area contributed by atoms with Gasteiger partial charge in [0.05, 0.1) is 0 Å². The van der Waals surface area contributed by atoms with Crippen LogP contribution in [0.25, 0.3) is 0 Å². The molecule has 0 fully saturated rings. The maximum absolute atomic E-state index is 9.83. The van der Waals surface area contributed by atoms with Crippen LogP contribution in [0.1, 0.15) is 19.8 Å². The van der Waals surface area contributed by atoms with Crippen molar-refractivity contribution >= 4 is 5.97 Å². The van der Waals surface area contributed by atoms with Gasteiger partial charge in [-0.3, -0.25) is 0 Å². The van der Waals surface area contributed by atoms with E-state index in [-0.39, 0.29) is 70.3 Å². The summed E-state index contributed by atoms with van der Waals surface area (Å²) in [5.74, 6) is -0.974. The molecule has 1 atom stereocenters. The van der Waals surface area contributed by atoms with Gasteiger partial charge in [0.1, 0.15) is 0 Å². The first-order chi connectivity index (χ1) is 4.16. The standard InChI is InChI=1S/C6H12O3.K/c1-5(4-7)2-3-6(8)9;/h5,7H,2-4H2,1H3,(H,8,9);/q;+1/p-1. The van der Waals surface area contributed by atoms with Gasteiger partial charge in [0.2, 0.25) is 0 Å². The molecule has 0 aromatic carbocycles. The van der Waals surface area contributed by atoms with E-state index in [0.717, 1.165) is 0 Å². The number of aliphatic hydroxyl groups excluding tert-OH is 1. The summed E-state index contributed by atoms with van der Waals surface area (Å²) in [6.45, 7) is 1.84. The number of carboxylic acids is 1. The first-order valence-electron chi connectivity index (χ1n) is 2.97. The molecule has 0 aromatic heterocycles. The Labute approximate surface area is 103 Å². The molecule has 3 nitrogen and oxygen atoms in total. The van der Waals surface area contributed by atoms with Gasteiger partial charge < -0.3 is 15.0 Å². The number of carbonyl (C=O) groups excluding carboxylic acids is 1. The predicted molar refractivity (Wildman–Crippen MR) is 30.5 cm³/mol. The van der Waals surface area contributed by atoms with Gasteiger partial charge >= 0.3 is 51.4 Å². The zero-order valence-electron chi connectivity index (χ0n) is 6.46. The summed E-state index contributed by atoms with van der Waals surface area (Å²) in [4.78, 5) is 9.83. The molecule has 1 unspecified atom stereocenters. The molecule has 54 valence electrons. The third-order valence-corrected chi connectivity index (χ3v) is 1.15. The van der Waals surface area contributed by atoms with Gasteiger partial charge in [-0.05, 0) is 18.8 Å². The molecule has 4 heteroatoms. The molecule has 0 spiro atoms. The van der Waals surface area contributed by atoms with E-state index in [4.69, 9.17) is 5.11 Å². The third kappa shape index (κ3) is 9.07. The number of aliphatic hydroxyl groups is 1. The van der Waals surface area contributed by atoms with Gasteiger partial charge in [0.15, 0.2) is 0 Å². The number of aliphatic carboxylic acids is 1. The number of carboxylic acid groups (broad SMARTS) is 1. The van der Waals surface area contributed by atoms with Crippen LogP contribution in [0.3, 0.4) is 0 Å². The second-order valence-corrected chi connectivity index (χ2v) is 2.20. The van der Waals surface area contributed by atoms with Crippen molar-refractivity contribution in [2.45, 2.75) is 19.8 Å². The molecular weight excluding hydrogens is 159 g/mol. The number of hydrogen-bond donors (Lipinski definition) is 1. The van der Waals surface area contributed by atoms with E-state index in [9.17, 15) is 9.90 Å². The summed E-state index contributed by atoms with van der Waals surface area (Å²) in [5, 5.41) is 18.3. The van der Waals surface area contributed by atoms with E-state index in [0.29, 0.717) is 6.42 Å². The van der Waals surface area contributed by atoms with Crippen LogP contribution < -0.4 is 56.5 Å². The molecule has 0 bridgehead atoms. The topological polar surface area (TPSA) is 60.4 Å². The molecule has 0 rings (SSSR count). The normalized spacial score (nSPS) is 11.8. The first-order valence-corrected chi connectivity index (χ1v) is 2.97. The average Bonchev–Trinajstić information content (AvgIpc) is 1.83. The minimum atomic E-state index is -1.05. The van der Waals surface area contributed by atoms with Crippen LogP contribution in [0.2, 0.25) is 0 Å². The van der Waals surface area contributed by atoms with Crippen LogP contribution >= 0.6 is 0 Å². The fraction of sp³-hybridized carbons (Fsp3) is 0.833. The van der Waals surface area contributed by atoms with Crippen molar-refractivity contribution in [1.29, 1.82) is 0 Å². The Kier molecular flexibility index (Phi) is 11.1. The van der Waals surface area contributed by atoms with Crippen LogP contribution in [0.15, 0.2) is 0 Å². The van der Waals surface area contributed by atoms with E-state index >= 15 is 0 Å². The smallest absolute Gasteiger partial charge is 0.550 e. The average molecular weight is 170 g/mol. The first kappa shape index (κ1) is 13.6. The SMILES string of the molecule is CC(CO)CCC(=O)[O-].[K+]. The Hall–Kier alpha value is 1.07. The van der Waals surface area contributed by atoms with Gasteiger partial charge in [0, 0.05) is 12.6 Å². The molecule has 0 aliphatic carbocycles.